The van der Waals surface area contributed by atoms with Crippen LogP contribution in [0.4, 0.5) is 0 Å². The summed E-state index contributed by atoms with van der Waals surface area (Å²) in [5.41, 5.74) is -0.647. The molecule has 0 amide bonds. The standard InChI is InChI=1S/C25H36O7/c1-13(26)30-16-8-10-23(3)15(12-16)6-7-18-17(23)9-11-24(4)19(22(28)29-5)20(31-14(2)27)21-25(18,24)32-21/h15-21H,6-12H2,1-5H3/t15?,16-,17?,18?,19+,20+,21+,23-,24+,25+/m0/s1. The van der Waals surface area contributed by atoms with Crippen molar-refractivity contribution in [3.8, 4) is 0 Å². The average Bonchev–Trinajstić information content (AvgIpc) is 3.42. The van der Waals surface area contributed by atoms with E-state index < -0.39 is 23.0 Å². The molecule has 10 atom stereocenters. The van der Waals surface area contributed by atoms with E-state index in [0.717, 1.165) is 44.9 Å². The number of carbonyl (C=O) groups is 3. The van der Waals surface area contributed by atoms with Crippen molar-refractivity contribution in [1.82, 2.24) is 0 Å². The fourth-order valence-corrected chi connectivity index (χ4v) is 8.84. The van der Waals surface area contributed by atoms with Gasteiger partial charge < -0.3 is 18.9 Å². The molecule has 5 rings (SSSR count). The van der Waals surface area contributed by atoms with Gasteiger partial charge >= 0.3 is 17.9 Å². The van der Waals surface area contributed by atoms with Crippen LogP contribution in [-0.4, -0.2) is 48.9 Å². The molecule has 1 spiro atoms. The quantitative estimate of drug-likeness (QED) is 0.371. The first-order chi connectivity index (χ1) is 15.1. The summed E-state index contributed by atoms with van der Waals surface area (Å²) >= 11 is 0. The second kappa shape index (κ2) is 7.18. The van der Waals surface area contributed by atoms with Crippen LogP contribution in [0.3, 0.4) is 0 Å². The number of fused-ring (bicyclic) bond motifs is 3. The maximum Gasteiger partial charge on any atom is 0.313 e. The van der Waals surface area contributed by atoms with Gasteiger partial charge in [-0.2, -0.15) is 0 Å². The lowest BCUT2D eigenvalue weighted by atomic mass is 9.44. The molecule has 5 aliphatic rings. The summed E-state index contributed by atoms with van der Waals surface area (Å²) in [4.78, 5) is 36.3. The summed E-state index contributed by atoms with van der Waals surface area (Å²) in [6.45, 7) is 7.46. The lowest BCUT2D eigenvalue weighted by Gasteiger charge is -2.60. The van der Waals surface area contributed by atoms with E-state index in [1.807, 2.05) is 0 Å². The largest absolute Gasteiger partial charge is 0.469 e. The van der Waals surface area contributed by atoms with Crippen LogP contribution in [0.2, 0.25) is 0 Å². The Morgan fingerprint density at radius 1 is 0.906 bits per heavy atom. The van der Waals surface area contributed by atoms with Gasteiger partial charge in [-0.05, 0) is 68.1 Å². The van der Waals surface area contributed by atoms with E-state index in [9.17, 15) is 14.4 Å². The van der Waals surface area contributed by atoms with Crippen LogP contribution in [0.5, 0.6) is 0 Å². The number of carbonyl (C=O) groups excluding carboxylic acids is 3. The summed E-state index contributed by atoms with van der Waals surface area (Å²) in [6.07, 6.45) is 6.11. The van der Waals surface area contributed by atoms with Crippen molar-refractivity contribution in [2.45, 2.75) is 96.6 Å². The summed E-state index contributed by atoms with van der Waals surface area (Å²) in [5.74, 6) is 0.00723. The van der Waals surface area contributed by atoms with Gasteiger partial charge in [0.1, 0.15) is 29.8 Å². The lowest BCUT2D eigenvalue weighted by molar-refractivity contribution is -0.184. The molecule has 0 N–H and O–H groups in total. The second-order valence-electron chi connectivity index (χ2n) is 11.4. The third-order valence-electron chi connectivity index (χ3n) is 10.2. The molecule has 0 radical (unpaired) electrons. The molecule has 5 fully saturated rings. The van der Waals surface area contributed by atoms with Crippen molar-refractivity contribution in [1.29, 1.82) is 0 Å². The smallest absolute Gasteiger partial charge is 0.313 e. The molecule has 7 heteroatoms. The molecule has 4 saturated carbocycles. The van der Waals surface area contributed by atoms with E-state index in [4.69, 9.17) is 18.9 Å². The number of hydrogen-bond acceptors (Lipinski definition) is 7. The highest BCUT2D eigenvalue weighted by Crippen LogP contribution is 2.76. The first-order valence-corrected chi connectivity index (χ1v) is 12.2. The van der Waals surface area contributed by atoms with Crippen molar-refractivity contribution in [2.75, 3.05) is 7.11 Å². The van der Waals surface area contributed by atoms with Crippen molar-refractivity contribution in [3.63, 3.8) is 0 Å². The fourth-order valence-electron chi connectivity index (χ4n) is 8.84. The second-order valence-corrected chi connectivity index (χ2v) is 11.4. The van der Waals surface area contributed by atoms with Gasteiger partial charge in [-0.25, -0.2) is 0 Å². The minimum Gasteiger partial charge on any atom is -0.469 e. The van der Waals surface area contributed by atoms with Gasteiger partial charge in [0, 0.05) is 19.3 Å². The number of epoxide rings is 1. The zero-order chi connectivity index (χ0) is 23.1. The molecule has 0 aromatic heterocycles. The Kier molecular flexibility index (Phi) is 4.98. The number of hydrogen-bond donors (Lipinski definition) is 0. The molecule has 32 heavy (non-hydrogen) atoms. The zero-order valence-corrected chi connectivity index (χ0v) is 19.8. The van der Waals surface area contributed by atoms with Crippen LogP contribution < -0.4 is 0 Å². The topological polar surface area (TPSA) is 91.4 Å². The molecule has 1 heterocycles. The lowest BCUT2D eigenvalue weighted by Crippen LogP contribution is -2.59. The molecule has 0 aromatic carbocycles. The minimum absolute atomic E-state index is 0.0302. The Balaban J connectivity index is 1.45. The molecule has 3 unspecified atom stereocenters. The maximum atomic E-state index is 12.9. The van der Waals surface area contributed by atoms with Crippen molar-refractivity contribution in [2.24, 2.45) is 34.5 Å². The van der Waals surface area contributed by atoms with Gasteiger partial charge in [0.2, 0.25) is 0 Å². The monoisotopic (exact) mass is 448 g/mol. The van der Waals surface area contributed by atoms with Crippen LogP contribution in [-0.2, 0) is 33.3 Å². The van der Waals surface area contributed by atoms with Crippen LogP contribution in [0, 0.1) is 34.5 Å². The molecule has 0 bridgehead atoms. The first kappa shape index (κ1) is 22.2. The minimum atomic E-state index is -0.575. The summed E-state index contributed by atoms with van der Waals surface area (Å²) in [7, 11) is 1.41. The third kappa shape index (κ3) is 2.78. The van der Waals surface area contributed by atoms with Gasteiger partial charge in [-0.15, -0.1) is 0 Å². The molecule has 7 nitrogen and oxygen atoms in total. The molecular weight excluding hydrogens is 412 g/mol. The summed E-state index contributed by atoms with van der Waals surface area (Å²) in [5, 5.41) is 0. The highest BCUT2D eigenvalue weighted by molar-refractivity contribution is 5.77. The molecule has 4 aliphatic carbocycles. The van der Waals surface area contributed by atoms with Crippen LogP contribution in [0.15, 0.2) is 0 Å². The fraction of sp³-hybridized carbons (Fsp3) is 0.880. The highest BCUT2D eigenvalue weighted by atomic mass is 16.7. The number of esters is 3. The van der Waals surface area contributed by atoms with E-state index in [0.29, 0.717) is 17.8 Å². The Morgan fingerprint density at radius 2 is 1.62 bits per heavy atom. The molecule has 178 valence electrons. The van der Waals surface area contributed by atoms with Crippen molar-refractivity contribution in [3.05, 3.63) is 0 Å². The number of ether oxygens (including phenoxy) is 4. The van der Waals surface area contributed by atoms with Crippen LogP contribution in [0.25, 0.3) is 0 Å². The van der Waals surface area contributed by atoms with Gasteiger partial charge in [0.05, 0.1) is 7.11 Å². The van der Waals surface area contributed by atoms with Crippen LogP contribution in [0.1, 0.15) is 72.6 Å². The maximum absolute atomic E-state index is 12.9. The van der Waals surface area contributed by atoms with E-state index in [1.54, 1.807) is 0 Å². The predicted octanol–water partition coefficient (Wildman–Crippen LogP) is 3.42. The Labute approximate surface area is 189 Å². The third-order valence-corrected chi connectivity index (χ3v) is 10.2. The Bertz CT molecular complexity index is 840. The zero-order valence-electron chi connectivity index (χ0n) is 19.8. The van der Waals surface area contributed by atoms with Gasteiger partial charge in [0.15, 0.2) is 0 Å². The van der Waals surface area contributed by atoms with Crippen molar-refractivity contribution >= 4 is 17.9 Å². The predicted molar refractivity (Wildman–Crippen MR) is 113 cm³/mol. The van der Waals surface area contributed by atoms with E-state index in [2.05, 4.69) is 13.8 Å². The van der Waals surface area contributed by atoms with E-state index in [-0.39, 0.29) is 35.5 Å². The molecular formula is C25H36O7. The van der Waals surface area contributed by atoms with Gasteiger partial charge in [0.25, 0.3) is 0 Å². The van der Waals surface area contributed by atoms with Gasteiger partial charge in [-0.1, -0.05) is 13.8 Å². The highest BCUT2D eigenvalue weighted by Gasteiger charge is 2.86. The van der Waals surface area contributed by atoms with E-state index in [1.165, 1.54) is 21.0 Å². The Morgan fingerprint density at radius 3 is 2.28 bits per heavy atom. The molecule has 1 saturated heterocycles. The SMILES string of the molecule is COC(=O)[C@H]1[C@@H](OC(C)=O)[C@H]2O[C@]23C2CCC4C[C@@H](OC(C)=O)CC[C@]4(C)C2CC[C@]13C. The first-order valence-electron chi connectivity index (χ1n) is 12.2. The Hall–Kier alpha value is -1.63. The summed E-state index contributed by atoms with van der Waals surface area (Å²) < 4.78 is 23.0. The molecule has 1 aliphatic heterocycles. The average molecular weight is 449 g/mol. The number of methoxy groups -OCH3 is 1. The number of rotatable bonds is 3. The van der Waals surface area contributed by atoms with Gasteiger partial charge in [-0.3, -0.25) is 14.4 Å². The normalized spacial score (nSPS) is 50.7. The van der Waals surface area contributed by atoms with Crippen LogP contribution >= 0.6 is 0 Å². The van der Waals surface area contributed by atoms with Crippen molar-refractivity contribution < 1.29 is 33.3 Å². The molecule has 0 aromatic rings. The summed E-state index contributed by atoms with van der Waals surface area (Å²) in [6, 6.07) is 0. The van der Waals surface area contributed by atoms with E-state index >= 15 is 0 Å².